The van der Waals surface area contributed by atoms with Gasteiger partial charge in [-0.15, -0.1) is 0 Å². The Morgan fingerprint density at radius 2 is 2.00 bits per heavy atom. The van der Waals surface area contributed by atoms with Gasteiger partial charge in [0.05, 0.1) is 0 Å². The van der Waals surface area contributed by atoms with E-state index in [9.17, 15) is 0 Å². The van der Waals surface area contributed by atoms with Crippen LogP contribution in [0.1, 0.15) is 43.2 Å². The van der Waals surface area contributed by atoms with Gasteiger partial charge < -0.3 is 14.4 Å². The van der Waals surface area contributed by atoms with E-state index in [-0.39, 0.29) is 6.10 Å². The molecule has 4 nitrogen and oxygen atoms in total. The van der Waals surface area contributed by atoms with Gasteiger partial charge in [-0.2, -0.15) is 0 Å². The average molecular weight is 475 g/mol. The quantitative estimate of drug-likeness (QED) is 0.474. The number of hydrogen-bond acceptors (Lipinski definition) is 4. The second-order valence-electron chi connectivity index (χ2n) is 8.97. The van der Waals surface area contributed by atoms with Crippen LogP contribution in [0.2, 0.25) is 5.02 Å². The number of fused-ring (bicyclic) bond motifs is 2. The predicted octanol–water partition coefficient (Wildman–Crippen LogP) is 6.57. The summed E-state index contributed by atoms with van der Waals surface area (Å²) in [6, 6.07) is 12.4. The summed E-state index contributed by atoms with van der Waals surface area (Å²) in [7, 11) is 0. The van der Waals surface area contributed by atoms with Crippen LogP contribution in [0.15, 0.2) is 84.3 Å². The van der Waals surface area contributed by atoms with Crippen LogP contribution in [0.4, 0.5) is 0 Å². The molecule has 3 aliphatic rings. The molecule has 0 N–H and O–H groups in total. The van der Waals surface area contributed by atoms with Gasteiger partial charge in [0.1, 0.15) is 11.9 Å². The summed E-state index contributed by atoms with van der Waals surface area (Å²) in [6.45, 7) is 5.97. The van der Waals surface area contributed by atoms with Crippen LogP contribution in [-0.2, 0) is 4.74 Å². The van der Waals surface area contributed by atoms with Crippen molar-refractivity contribution in [3.8, 4) is 5.88 Å². The van der Waals surface area contributed by atoms with Gasteiger partial charge in [0.25, 0.3) is 0 Å². The Bertz CT molecular complexity index is 1130. The highest BCUT2D eigenvalue weighted by Crippen LogP contribution is 2.36. The summed E-state index contributed by atoms with van der Waals surface area (Å²) >= 11 is 6.06. The number of ether oxygens (including phenoxy) is 2. The lowest BCUT2D eigenvalue weighted by molar-refractivity contribution is 0.117. The van der Waals surface area contributed by atoms with E-state index in [1.54, 1.807) is 6.20 Å². The van der Waals surface area contributed by atoms with E-state index in [1.165, 1.54) is 18.4 Å². The zero-order valence-electron chi connectivity index (χ0n) is 19.6. The molecule has 1 fully saturated rings. The Labute approximate surface area is 207 Å². The maximum absolute atomic E-state index is 6.22. The Hall–Kier alpha value is -2.66. The zero-order valence-corrected chi connectivity index (χ0v) is 20.4. The number of pyridine rings is 1. The molecule has 0 spiro atoms. The Morgan fingerprint density at radius 3 is 2.79 bits per heavy atom. The molecule has 5 heteroatoms. The smallest absolute Gasteiger partial charge is 0.227 e. The highest BCUT2D eigenvalue weighted by atomic mass is 35.5. The Morgan fingerprint density at radius 1 is 1.18 bits per heavy atom. The van der Waals surface area contributed by atoms with E-state index in [2.05, 4.69) is 46.3 Å². The van der Waals surface area contributed by atoms with E-state index < -0.39 is 0 Å². The minimum Gasteiger partial charge on any atom is -0.438 e. The van der Waals surface area contributed by atoms with Gasteiger partial charge in [-0.25, -0.2) is 4.98 Å². The highest BCUT2D eigenvalue weighted by Gasteiger charge is 2.26. The number of hydrogen-bond donors (Lipinski definition) is 0. The number of aromatic nitrogens is 1. The van der Waals surface area contributed by atoms with E-state index >= 15 is 0 Å². The number of halogens is 1. The molecule has 1 aromatic carbocycles. The standard InChI is InChI=1S/C29H31ClN2O2/c1-2-33-27-8-3-9-28-26(27)20-23(25-7-4-16-31-29(25)34-28)6-5-17-32-18-14-22(15-19-32)21-10-12-24(30)13-11-21/h3-4,6-13,16,20,22,27H,2,5,14-15,17-19H2,1H3. The third-order valence-electron chi connectivity index (χ3n) is 6.81. The molecular weight excluding hydrogens is 444 g/mol. The van der Waals surface area contributed by atoms with Crippen LogP contribution >= 0.6 is 11.6 Å². The largest absolute Gasteiger partial charge is 0.438 e. The molecule has 2 aliphatic heterocycles. The summed E-state index contributed by atoms with van der Waals surface area (Å²) < 4.78 is 12.2. The number of piperidine rings is 1. The van der Waals surface area contributed by atoms with Crippen molar-refractivity contribution in [3.05, 3.63) is 100 Å². The highest BCUT2D eigenvalue weighted by molar-refractivity contribution is 6.30. The minimum absolute atomic E-state index is 0.102. The van der Waals surface area contributed by atoms with E-state index in [4.69, 9.17) is 21.1 Å². The van der Waals surface area contributed by atoms with Gasteiger partial charge in [0.15, 0.2) is 0 Å². The lowest BCUT2D eigenvalue weighted by Crippen LogP contribution is -2.33. The van der Waals surface area contributed by atoms with Gasteiger partial charge in [-0.3, -0.25) is 0 Å². The number of rotatable bonds is 6. The van der Waals surface area contributed by atoms with Gasteiger partial charge in [0, 0.05) is 35.5 Å². The van der Waals surface area contributed by atoms with Crippen molar-refractivity contribution < 1.29 is 9.47 Å². The summed E-state index contributed by atoms with van der Waals surface area (Å²) in [5, 5.41) is 0.810. The van der Waals surface area contributed by atoms with Crippen LogP contribution in [0.5, 0.6) is 5.88 Å². The molecule has 0 amide bonds. The van der Waals surface area contributed by atoms with Crippen LogP contribution in [-0.4, -0.2) is 42.2 Å². The van der Waals surface area contributed by atoms with Crippen molar-refractivity contribution in [2.45, 2.75) is 38.2 Å². The van der Waals surface area contributed by atoms with Crippen molar-refractivity contribution >= 4 is 17.2 Å². The molecule has 0 saturated carbocycles. The van der Waals surface area contributed by atoms with Gasteiger partial charge in [-0.05, 0) is 92.7 Å². The monoisotopic (exact) mass is 474 g/mol. The summed E-state index contributed by atoms with van der Waals surface area (Å²) in [5.74, 6) is 2.10. The first-order chi connectivity index (χ1) is 16.7. The van der Waals surface area contributed by atoms with Crippen molar-refractivity contribution in [1.82, 2.24) is 9.88 Å². The maximum atomic E-state index is 6.22. The van der Waals surface area contributed by atoms with E-state index in [0.717, 1.165) is 53.5 Å². The number of benzene rings is 1. The zero-order chi connectivity index (χ0) is 23.3. The molecule has 3 heterocycles. The van der Waals surface area contributed by atoms with Crippen molar-refractivity contribution in [1.29, 1.82) is 0 Å². The lowest BCUT2D eigenvalue weighted by atomic mass is 9.89. The first kappa shape index (κ1) is 23.1. The molecular formula is C29H31ClN2O2. The molecule has 0 bridgehead atoms. The lowest BCUT2D eigenvalue weighted by Gasteiger charge is -2.32. The van der Waals surface area contributed by atoms with Gasteiger partial charge >= 0.3 is 0 Å². The second kappa shape index (κ2) is 10.7. The fraction of sp³-hybridized carbons (Fsp3) is 0.345. The van der Waals surface area contributed by atoms with Gasteiger partial charge in [-0.1, -0.05) is 42.0 Å². The SMILES string of the molecule is CCOC1C=CC=C2Oc3ncccc3C(=CCCN3CCC(c4ccc(Cl)cc4)CC3)C=C21. The fourth-order valence-corrected chi connectivity index (χ4v) is 5.12. The Kier molecular flexibility index (Phi) is 7.29. The topological polar surface area (TPSA) is 34.6 Å². The number of nitrogens with zero attached hydrogens (tertiary/aromatic N) is 2. The normalized spacial score (nSPS) is 21.8. The predicted molar refractivity (Wildman–Crippen MR) is 138 cm³/mol. The van der Waals surface area contributed by atoms with Crippen molar-refractivity contribution in [2.24, 2.45) is 0 Å². The first-order valence-electron chi connectivity index (χ1n) is 12.2. The minimum atomic E-state index is -0.102. The molecule has 34 heavy (non-hydrogen) atoms. The molecule has 1 saturated heterocycles. The third kappa shape index (κ3) is 5.20. The van der Waals surface area contributed by atoms with Gasteiger partial charge in [0.2, 0.25) is 5.88 Å². The molecule has 1 unspecified atom stereocenters. The molecule has 176 valence electrons. The van der Waals surface area contributed by atoms with Crippen molar-refractivity contribution in [2.75, 3.05) is 26.2 Å². The van der Waals surface area contributed by atoms with Crippen LogP contribution < -0.4 is 4.74 Å². The number of likely N-dealkylation sites (tertiary alicyclic amines) is 1. The summed E-state index contributed by atoms with van der Waals surface area (Å²) in [5.41, 5.74) is 4.64. The number of allylic oxidation sites excluding steroid dienone is 4. The molecule has 1 aliphatic carbocycles. The third-order valence-corrected chi connectivity index (χ3v) is 7.06. The molecule has 2 aromatic rings. The van der Waals surface area contributed by atoms with E-state index in [1.807, 2.05) is 37.3 Å². The summed E-state index contributed by atoms with van der Waals surface area (Å²) in [6.07, 6.45) is 15.7. The van der Waals surface area contributed by atoms with Crippen LogP contribution in [0.25, 0.3) is 5.57 Å². The fourth-order valence-electron chi connectivity index (χ4n) is 4.99. The molecule has 1 atom stereocenters. The second-order valence-corrected chi connectivity index (χ2v) is 9.40. The summed E-state index contributed by atoms with van der Waals surface area (Å²) in [4.78, 5) is 7.09. The maximum Gasteiger partial charge on any atom is 0.227 e. The van der Waals surface area contributed by atoms with Crippen molar-refractivity contribution in [3.63, 3.8) is 0 Å². The molecule has 5 rings (SSSR count). The molecule has 0 radical (unpaired) electrons. The average Bonchev–Trinajstić information content (AvgIpc) is 3.02. The Balaban J connectivity index is 1.28. The van der Waals surface area contributed by atoms with Crippen LogP contribution in [0, 0.1) is 0 Å². The first-order valence-corrected chi connectivity index (χ1v) is 12.6. The van der Waals surface area contributed by atoms with E-state index in [0.29, 0.717) is 18.4 Å². The molecule has 1 aromatic heterocycles. The van der Waals surface area contributed by atoms with Crippen LogP contribution in [0.3, 0.4) is 0 Å².